The summed E-state index contributed by atoms with van der Waals surface area (Å²) in [6, 6.07) is 1.82. The van der Waals surface area contributed by atoms with Crippen molar-refractivity contribution >= 4 is 45.7 Å². The summed E-state index contributed by atoms with van der Waals surface area (Å²) in [5, 5.41) is 5.70. The normalized spacial score (nSPS) is 11.5. The number of nitrogens with zero attached hydrogens (tertiary/aromatic N) is 4. The molecule has 0 aliphatic rings. The fourth-order valence-electron chi connectivity index (χ4n) is 2.23. The van der Waals surface area contributed by atoms with Crippen LogP contribution in [-0.2, 0) is 9.59 Å². The van der Waals surface area contributed by atoms with Gasteiger partial charge in [-0.2, -0.15) is 0 Å². The standard InChI is InChI=1S/C18H15ClN6O2S/c1-3-16(26)24-15-9-21-13(7-22-15)12-4-11(5-20-6-12)10(2)17(27)25-18-23-8-14(19)28-18/h3-10H,1H2,2H3,(H,22,24,26)(H,23,25,27). The van der Waals surface area contributed by atoms with Crippen LogP contribution >= 0.6 is 22.9 Å². The van der Waals surface area contributed by atoms with E-state index in [0.717, 1.165) is 6.08 Å². The van der Waals surface area contributed by atoms with Gasteiger partial charge in [0, 0.05) is 18.0 Å². The van der Waals surface area contributed by atoms with Gasteiger partial charge >= 0.3 is 0 Å². The van der Waals surface area contributed by atoms with E-state index >= 15 is 0 Å². The summed E-state index contributed by atoms with van der Waals surface area (Å²) in [5.74, 6) is -0.743. The Morgan fingerprint density at radius 3 is 2.61 bits per heavy atom. The summed E-state index contributed by atoms with van der Waals surface area (Å²) in [7, 11) is 0. The van der Waals surface area contributed by atoms with E-state index in [4.69, 9.17) is 11.6 Å². The van der Waals surface area contributed by atoms with E-state index in [1.807, 2.05) is 6.07 Å². The molecular formula is C18H15ClN6O2S. The third-order valence-electron chi connectivity index (χ3n) is 3.74. The van der Waals surface area contributed by atoms with Gasteiger partial charge < -0.3 is 10.6 Å². The molecule has 3 aromatic rings. The van der Waals surface area contributed by atoms with Gasteiger partial charge in [-0.25, -0.2) is 9.97 Å². The zero-order valence-corrected chi connectivity index (χ0v) is 16.3. The number of thiazole rings is 1. The van der Waals surface area contributed by atoms with E-state index in [0.29, 0.717) is 32.1 Å². The van der Waals surface area contributed by atoms with Crippen molar-refractivity contribution in [3.05, 3.63) is 59.6 Å². The molecule has 3 heterocycles. The fourth-order valence-corrected chi connectivity index (χ4v) is 3.05. The topological polar surface area (TPSA) is 110 Å². The molecule has 0 bridgehead atoms. The van der Waals surface area contributed by atoms with Gasteiger partial charge in [0.15, 0.2) is 10.9 Å². The predicted octanol–water partition coefficient (Wildman–Crippen LogP) is 3.52. The van der Waals surface area contributed by atoms with Crippen molar-refractivity contribution < 1.29 is 9.59 Å². The maximum atomic E-state index is 12.5. The first-order chi connectivity index (χ1) is 13.5. The van der Waals surface area contributed by atoms with Gasteiger partial charge in [-0.1, -0.05) is 29.5 Å². The molecule has 142 valence electrons. The molecule has 0 radical (unpaired) electrons. The van der Waals surface area contributed by atoms with Crippen LogP contribution in [0.25, 0.3) is 11.3 Å². The molecule has 0 aliphatic carbocycles. The lowest BCUT2D eigenvalue weighted by Gasteiger charge is -2.12. The number of aromatic nitrogens is 4. The Labute approximate surface area is 169 Å². The monoisotopic (exact) mass is 414 g/mol. The quantitative estimate of drug-likeness (QED) is 0.597. The zero-order chi connectivity index (χ0) is 20.1. The summed E-state index contributed by atoms with van der Waals surface area (Å²) in [6.07, 6.45) is 8.83. The van der Waals surface area contributed by atoms with Crippen molar-refractivity contribution in [2.24, 2.45) is 0 Å². The molecule has 0 fully saturated rings. The second kappa shape index (κ2) is 8.68. The maximum Gasteiger partial charge on any atom is 0.248 e. The minimum Gasteiger partial charge on any atom is -0.306 e. The first-order valence-electron chi connectivity index (χ1n) is 8.09. The van der Waals surface area contributed by atoms with Crippen molar-refractivity contribution in [2.45, 2.75) is 12.8 Å². The van der Waals surface area contributed by atoms with E-state index in [1.54, 1.807) is 19.3 Å². The van der Waals surface area contributed by atoms with Crippen LogP contribution in [0.3, 0.4) is 0 Å². The van der Waals surface area contributed by atoms with E-state index < -0.39 is 5.92 Å². The molecule has 28 heavy (non-hydrogen) atoms. The highest BCUT2D eigenvalue weighted by Gasteiger charge is 2.18. The van der Waals surface area contributed by atoms with Crippen LogP contribution < -0.4 is 10.6 Å². The van der Waals surface area contributed by atoms with Crippen LogP contribution in [0.4, 0.5) is 10.9 Å². The molecule has 0 aliphatic heterocycles. The Kier molecular flexibility index (Phi) is 6.07. The van der Waals surface area contributed by atoms with Crippen LogP contribution in [0.5, 0.6) is 0 Å². The summed E-state index contributed by atoms with van der Waals surface area (Å²) in [5.41, 5.74) is 1.97. The largest absolute Gasteiger partial charge is 0.306 e. The number of carbonyl (C=O) groups excluding carboxylic acids is 2. The van der Waals surface area contributed by atoms with E-state index in [1.165, 1.54) is 29.9 Å². The van der Waals surface area contributed by atoms with Gasteiger partial charge in [-0.05, 0) is 24.6 Å². The number of nitrogens with one attached hydrogen (secondary N) is 2. The van der Waals surface area contributed by atoms with Crippen LogP contribution in [0.15, 0.2) is 49.7 Å². The first-order valence-corrected chi connectivity index (χ1v) is 9.28. The lowest BCUT2D eigenvalue weighted by Crippen LogP contribution is -2.18. The van der Waals surface area contributed by atoms with Gasteiger partial charge in [0.25, 0.3) is 0 Å². The molecule has 1 unspecified atom stereocenters. The third kappa shape index (κ3) is 4.76. The number of amides is 2. The molecule has 0 spiro atoms. The second-order valence-electron chi connectivity index (χ2n) is 5.67. The number of carbonyl (C=O) groups is 2. The van der Waals surface area contributed by atoms with Gasteiger partial charge in [0.05, 0.1) is 30.2 Å². The van der Waals surface area contributed by atoms with Gasteiger partial charge in [0.2, 0.25) is 11.8 Å². The second-order valence-corrected chi connectivity index (χ2v) is 7.33. The molecule has 3 aromatic heterocycles. The van der Waals surface area contributed by atoms with Crippen molar-refractivity contribution in [1.29, 1.82) is 0 Å². The average Bonchev–Trinajstić information content (AvgIpc) is 3.12. The molecular weight excluding hydrogens is 400 g/mol. The molecule has 1 atom stereocenters. The number of hydrogen-bond donors (Lipinski definition) is 2. The molecule has 3 rings (SSSR count). The first kappa shape index (κ1) is 19.6. The van der Waals surface area contributed by atoms with E-state index in [2.05, 4.69) is 37.1 Å². The van der Waals surface area contributed by atoms with Crippen LogP contribution in [0.1, 0.15) is 18.4 Å². The predicted molar refractivity (Wildman–Crippen MR) is 108 cm³/mol. The molecule has 0 saturated carbocycles. The smallest absolute Gasteiger partial charge is 0.248 e. The molecule has 2 N–H and O–H groups in total. The van der Waals surface area contributed by atoms with Crippen molar-refractivity contribution in [2.75, 3.05) is 10.6 Å². The number of anilines is 2. The minimum absolute atomic E-state index is 0.224. The third-order valence-corrected chi connectivity index (χ3v) is 4.77. The molecule has 0 saturated heterocycles. The summed E-state index contributed by atoms with van der Waals surface area (Å²) in [4.78, 5) is 40.4. The highest BCUT2D eigenvalue weighted by atomic mass is 35.5. The Balaban J connectivity index is 1.75. The Morgan fingerprint density at radius 2 is 1.96 bits per heavy atom. The van der Waals surface area contributed by atoms with E-state index in [9.17, 15) is 9.59 Å². The number of hydrogen-bond acceptors (Lipinski definition) is 7. The van der Waals surface area contributed by atoms with Crippen LogP contribution in [0.2, 0.25) is 4.34 Å². The van der Waals surface area contributed by atoms with Crippen molar-refractivity contribution in [3.8, 4) is 11.3 Å². The molecule has 10 heteroatoms. The van der Waals surface area contributed by atoms with Gasteiger partial charge in [0.1, 0.15) is 4.34 Å². The molecule has 2 amide bonds. The number of pyridine rings is 1. The van der Waals surface area contributed by atoms with Crippen molar-refractivity contribution in [1.82, 2.24) is 19.9 Å². The Bertz CT molecular complexity index is 1020. The lowest BCUT2D eigenvalue weighted by atomic mass is 10.0. The van der Waals surface area contributed by atoms with Gasteiger partial charge in [-0.15, -0.1) is 0 Å². The Hall–Kier alpha value is -3.17. The van der Waals surface area contributed by atoms with Crippen molar-refractivity contribution in [3.63, 3.8) is 0 Å². The highest BCUT2D eigenvalue weighted by Crippen LogP contribution is 2.26. The average molecular weight is 415 g/mol. The lowest BCUT2D eigenvalue weighted by molar-refractivity contribution is -0.117. The SMILES string of the molecule is C=CC(=O)Nc1cnc(-c2cncc(C(C)C(=O)Nc3ncc(Cl)s3)c2)cn1. The van der Waals surface area contributed by atoms with Crippen LogP contribution in [0, 0.1) is 0 Å². The maximum absolute atomic E-state index is 12.5. The minimum atomic E-state index is -0.464. The molecule has 0 aromatic carbocycles. The summed E-state index contributed by atoms with van der Waals surface area (Å²) < 4.78 is 0.498. The number of rotatable bonds is 6. The molecule has 8 nitrogen and oxygen atoms in total. The summed E-state index contributed by atoms with van der Waals surface area (Å²) >= 11 is 7.02. The highest BCUT2D eigenvalue weighted by molar-refractivity contribution is 7.19. The summed E-state index contributed by atoms with van der Waals surface area (Å²) in [6.45, 7) is 5.15. The fraction of sp³-hybridized carbons (Fsp3) is 0.111. The Morgan fingerprint density at radius 1 is 1.14 bits per heavy atom. The van der Waals surface area contributed by atoms with Gasteiger partial charge in [-0.3, -0.25) is 19.6 Å². The van der Waals surface area contributed by atoms with E-state index in [-0.39, 0.29) is 11.8 Å². The number of halogens is 1. The zero-order valence-electron chi connectivity index (χ0n) is 14.7. The van der Waals surface area contributed by atoms with Crippen LogP contribution in [-0.4, -0.2) is 31.8 Å².